The SMILES string of the molecule is CCC1CCC(C(=O)O)C(Sc2nc(C)co2)C1. The van der Waals surface area contributed by atoms with Crippen LogP contribution in [0.1, 0.15) is 38.3 Å². The molecule has 1 N–H and O–H groups in total. The Kier molecular flexibility index (Phi) is 4.32. The molecule has 0 amide bonds. The molecule has 0 saturated heterocycles. The van der Waals surface area contributed by atoms with Gasteiger partial charge < -0.3 is 9.52 Å². The summed E-state index contributed by atoms with van der Waals surface area (Å²) in [6.45, 7) is 4.04. The zero-order chi connectivity index (χ0) is 13.1. The molecule has 0 radical (unpaired) electrons. The Morgan fingerprint density at radius 3 is 2.94 bits per heavy atom. The average molecular weight is 269 g/mol. The van der Waals surface area contributed by atoms with E-state index in [1.807, 2.05) is 6.92 Å². The van der Waals surface area contributed by atoms with Gasteiger partial charge in [-0.15, -0.1) is 0 Å². The molecule has 1 fully saturated rings. The van der Waals surface area contributed by atoms with Gasteiger partial charge in [0.15, 0.2) is 0 Å². The van der Waals surface area contributed by atoms with E-state index in [4.69, 9.17) is 4.42 Å². The highest BCUT2D eigenvalue weighted by atomic mass is 32.2. The molecule has 0 bridgehead atoms. The summed E-state index contributed by atoms with van der Waals surface area (Å²) < 4.78 is 5.32. The van der Waals surface area contributed by atoms with E-state index < -0.39 is 5.97 Å². The number of rotatable bonds is 4. The second-order valence-electron chi connectivity index (χ2n) is 4.94. The Hall–Kier alpha value is -0.970. The Labute approximate surface area is 111 Å². The average Bonchev–Trinajstić information content (AvgIpc) is 2.74. The van der Waals surface area contributed by atoms with Gasteiger partial charge in [0.2, 0.25) is 0 Å². The normalized spacial score (nSPS) is 28.2. The van der Waals surface area contributed by atoms with Crippen molar-refractivity contribution in [1.82, 2.24) is 4.98 Å². The zero-order valence-corrected chi connectivity index (χ0v) is 11.6. The zero-order valence-electron chi connectivity index (χ0n) is 10.8. The number of nitrogens with zero attached hydrogens (tertiary/aromatic N) is 1. The lowest BCUT2D eigenvalue weighted by Gasteiger charge is -2.32. The lowest BCUT2D eigenvalue weighted by atomic mass is 9.80. The first-order valence-electron chi connectivity index (χ1n) is 6.41. The maximum absolute atomic E-state index is 11.3. The van der Waals surface area contributed by atoms with Crippen molar-refractivity contribution >= 4 is 17.7 Å². The van der Waals surface area contributed by atoms with Crippen molar-refractivity contribution in [3.63, 3.8) is 0 Å². The topological polar surface area (TPSA) is 63.3 Å². The van der Waals surface area contributed by atoms with Gasteiger partial charge in [0.05, 0.1) is 11.6 Å². The summed E-state index contributed by atoms with van der Waals surface area (Å²) >= 11 is 1.48. The Morgan fingerprint density at radius 1 is 1.61 bits per heavy atom. The van der Waals surface area contributed by atoms with Gasteiger partial charge in [-0.1, -0.05) is 25.1 Å². The molecule has 3 atom stereocenters. The van der Waals surface area contributed by atoms with E-state index in [-0.39, 0.29) is 11.2 Å². The fourth-order valence-electron chi connectivity index (χ4n) is 2.51. The van der Waals surface area contributed by atoms with Crippen molar-refractivity contribution < 1.29 is 14.3 Å². The summed E-state index contributed by atoms with van der Waals surface area (Å²) in [5.74, 6) is -0.329. The smallest absolute Gasteiger partial charge is 0.307 e. The largest absolute Gasteiger partial charge is 0.481 e. The molecule has 5 heteroatoms. The molecule has 2 rings (SSSR count). The van der Waals surface area contributed by atoms with Crippen LogP contribution in [-0.2, 0) is 4.79 Å². The van der Waals surface area contributed by atoms with E-state index in [1.165, 1.54) is 11.8 Å². The number of carboxylic acids is 1. The monoisotopic (exact) mass is 269 g/mol. The molecule has 1 aromatic heterocycles. The van der Waals surface area contributed by atoms with Crippen molar-refractivity contribution in [3.05, 3.63) is 12.0 Å². The van der Waals surface area contributed by atoms with Gasteiger partial charge in [0.25, 0.3) is 5.22 Å². The van der Waals surface area contributed by atoms with Gasteiger partial charge in [0.1, 0.15) is 6.26 Å². The van der Waals surface area contributed by atoms with Gasteiger partial charge in [0, 0.05) is 5.25 Å². The van der Waals surface area contributed by atoms with Crippen LogP contribution in [0.4, 0.5) is 0 Å². The van der Waals surface area contributed by atoms with Crippen LogP contribution in [-0.4, -0.2) is 21.3 Å². The highest BCUT2D eigenvalue weighted by molar-refractivity contribution is 7.99. The number of aryl methyl sites for hydroxylation is 1. The van der Waals surface area contributed by atoms with Gasteiger partial charge >= 0.3 is 5.97 Å². The molecule has 4 nitrogen and oxygen atoms in total. The summed E-state index contributed by atoms with van der Waals surface area (Å²) in [7, 11) is 0. The second kappa shape index (κ2) is 5.78. The summed E-state index contributed by atoms with van der Waals surface area (Å²) in [6, 6.07) is 0. The predicted molar refractivity (Wildman–Crippen MR) is 69.6 cm³/mol. The molecule has 1 aromatic rings. The molecule has 1 heterocycles. The molecular formula is C13H19NO3S. The van der Waals surface area contributed by atoms with Gasteiger partial charge in [-0.05, 0) is 32.1 Å². The summed E-state index contributed by atoms with van der Waals surface area (Å²) in [5.41, 5.74) is 0.840. The lowest BCUT2D eigenvalue weighted by Crippen LogP contribution is -2.32. The molecule has 0 aliphatic heterocycles. The van der Waals surface area contributed by atoms with E-state index in [1.54, 1.807) is 6.26 Å². The van der Waals surface area contributed by atoms with E-state index in [0.29, 0.717) is 11.1 Å². The number of hydrogen-bond acceptors (Lipinski definition) is 4. The maximum atomic E-state index is 11.3. The maximum Gasteiger partial charge on any atom is 0.307 e. The third-order valence-corrected chi connectivity index (χ3v) is 4.86. The van der Waals surface area contributed by atoms with Crippen LogP contribution < -0.4 is 0 Å². The molecule has 0 spiro atoms. The molecule has 100 valence electrons. The first-order chi connectivity index (χ1) is 8.60. The van der Waals surface area contributed by atoms with Crippen LogP contribution in [0.25, 0.3) is 0 Å². The first-order valence-corrected chi connectivity index (χ1v) is 7.29. The minimum absolute atomic E-state index is 0.0826. The Balaban J connectivity index is 2.07. The number of hydrogen-bond donors (Lipinski definition) is 1. The summed E-state index contributed by atoms with van der Waals surface area (Å²) in [6.07, 6.45) is 5.46. The first kappa shape index (κ1) is 13.5. The second-order valence-corrected chi connectivity index (χ2v) is 6.13. The van der Waals surface area contributed by atoms with Gasteiger partial charge in [-0.2, -0.15) is 0 Å². The molecule has 0 aromatic carbocycles. The molecule has 1 aliphatic carbocycles. The summed E-state index contributed by atoms with van der Waals surface area (Å²) in [5, 5.41) is 9.97. The van der Waals surface area contributed by atoms with Crippen molar-refractivity contribution in [2.75, 3.05) is 0 Å². The van der Waals surface area contributed by atoms with E-state index in [9.17, 15) is 9.90 Å². The van der Waals surface area contributed by atoms with E-state index >= 15 is 0 Å². The number of aromatic nitrogens is 1. The number of thioether (sulfide) groups is 1. The molecule has 1 saturated carbocycles. The number of aliphatic carboxylic acids is 1. The van der Waals surface area contributed by atoms with Crippen LogP contribution >= 0.6 is 11.8 Å². The molecule has 1 aliphatic rings. The van der Waals surface area contributed by atoms with Crippen LogP contribution in [0.5, 0.6) is 0 Å². The van der Waals surface area contributed by atoms with Gasteiger partial charge in [-0.25, -0.2) is 4.98 Å². The third kappa shape index (κ3) is 3.07. The van der Waals surface area contributed by atoms with Crippen LogP contribution in [0, 0.1) is 18.8 Å². The van der Waals surface area contributed by atoms with E-state index in [0.717, 1.165) is 31.4 Å². The highest BCUT2D eigenvalue weighted by Crippen LogP contribution is 2.40. The van der Waals surface area contributed by atoms with Crippen molar-refractivity contribution in [3.8, 4) is 0 Å². The number of carboxylic acid groups (broad SMARTS) is 1. The van der Waals surface area contributed by atoms with Crippen LogP contribution in [0.15, 0.2) is 15.9 Å². The minimum atomic E-state index is -0.690. The predicted octanol–water partition coefficient (Wildman–Crippen LogP) is 3.35. The molecular weight excluding hydrogens is 250 g/mol. The van der Waals surface area contributed by atoms with Crippen molar-refractivity contribution in [1.29, 1.82) is 0 Å². The number of oxazole rings is 1. The lowest BCUT2D eigenvalue weighted by molar-refractivity contribution is -0.142. The molecule has 3 unspecified atom stereocenters. The third-order valence-electron chi connectivity index (χ3n) is 3.65. The van der Waals surface area contributed by atoms with Crippen molar-refractivity contribution in [2.45, 2.75) is 50.0 Å². The molecule has 18 heavy (non-hydrogen) atoms. The van der Waals surface area contributed by atoms with Crippen LogP contribution in [0.3, 0.4) is 0 Å². The standard InChI is InChI=1S/C13H19NO3S/c1-3-9-4-5-10(12(15)16)11(6-9)18-13-14-8(2)7-17-13/h7,9-11H,3-6H2,1-2H3,(H,15,16). The Bertz CT molecular complexity index is 418. The van der Waals surface area contributed by atoms with Crippen molar-refractivity contribution in [2.24, 2.45) is 11.8 Å². The summed E-state index contributed by atoms with van der Waals surface area (Å²) in [4.78, 5) is 15.5. The van der Waals surface area contributed by atoms with Crippen LogP contribution in [0.2, 0.25) is 0 Å². The fourth-order valence-corrected chi connectivity index (χ4v) is 3.86. The number of carbonyl (C=O) groups is 1. The van der Waals surface area contributed by atoms with E-state index in [2.05, 4.69) is 11.9 Å². The highest BCUT2D eigenvalue weighted by Gasteiger charge is 2.36. The Morgan fingerprint density at radius 2 is 2.39 bits per heavy atom. The van der Waals surface area contributed by atoms with Gasteiger partial charge in [-0.3, -0.25) is 4.79 Å². The fraction of sp³-hybridized carbons (Fsp3) is 0.692. The minimum Gasteiger partial charge on any atom is -0.481 e. The quantitative estimate of drug-likeness (QED) is 0.908.